The highest BCUT2D eigenvalue weighted by Gasteiger charge is 2.10. The number of benzene rings is 2. The Kier molecular flexibility index (Phi) is 3.52. The SMILES string of the molecule is COc1cccc(OCc2cn(C)c3c(F)cccc23)c1. The zero-order valence-electron chi connectivity index (χ0n) is 12.0. The number of ether oxygens (including phenoxy) is 2. The molecule has 0 aliphatic heterocycles. The molecule has 3 nitrogen and oxygen atoms in total. The summed E-state index contributed by atoms with van der Waals surface area (Å²) in [5, 5.41) is 0.875. The minimum Gasteiger partial charge on any atom is -0.497 e. The predicted molar refractivity (Wildman–Crippen MR) is 80.2 cm³/mol. The van der Waals surface area contributed by atoms with Gasteiger partial charge in [0.05, 0.1) is 12.6 Å². The third-order valence-corrected chi connectivity index (χ3v) is 3.47. The Balaban J connectivity index is 1.87. The third-order valence-electron chi connectivity index (χ3n) is 3.47. The highest BCUT2D eigenvalue weighted by molar-refractivity contribution is 5.84. The third kappa shape index (κ3) is 2.57. The molecule has 1 aromatic heterocycles. The Morgan fingerprint density at radius 3 is 2.67 bits per heavy atom. The molecule has 0 radical (unpaired) electrons. The van der Waals surface area contributed by atoms with Gasteiger partial charge in [-0.05, 0) is 18.2 Å². The van der Waals surface area contributed by atoms with Crippen molar-refractivity contribution in [2.45, 2.75) is 6.61 Å². The van der Waals surface area contributed by atoms with E-state index in [1.807, 2.05) is 43.6 Å². The van der Waals surface area contributed by atoms with Gasteiger partial charge in [-0.15, -0.1) is 0 Å². The fourth-order valence-corrected chi connectivity index (χ4v) is 2.47. The molecule has 0 unspecified atom stereocenters. The molecular weight excluding hydrogens is 269 g/mol. The Labute approximate surface area is 122 Å². The van der Waals surface area contributed by atoms with Crippen LogP contribution in [0.25, 0.3) is 10.9 Å². The zero-order valence-corrected chi connectivity index (χ0v) is 12.0. The van der Waals surface area contributed by atoms with Gasteiger partial charge in [-0.3, -0.25) is 0 Å². The van der Waals surface area contributed by atoms with Gasteiger partial charge in [0.2, 0.25) is 0 Å². The van der Waals surface area contributed by atoms with Gasteiger partial charge in [-0.25, -0.2) is 4.39 Å². The van der Waals surface area contributed by atoms with E-state index >= 15 is 0 Å². The van der Waals surface area contributed by atoms with E-state index < -0.39 is 0 Å². The van der Waals surface area contributed by atoms with Gasteiger partial charge in [0, 0.05) is 30.3 Å². The van der Waals surface area contributed by atoms with Gasteiger partial charge < -0.3 is 14.0 Å². The lowest BCUT2D eigenvalue weighted by molar-refractivity contribution is 0.305. The molecule has 0 N–H and O–H groups in total. The molecule has 0 saturated carbocycles. The van der Waals surface area contributed by atoms with E-state index in [2.05, 4.69) is 0 Å². The van der Waals surface area contributed by atoms with Crippen LogP contribution in [0.2, 0.25) is 0 Å². The van der Waals surface area contributed by atoms with Crippen LogP contribution < -0.4 is 9.47 Å². The van der Waals surface area contributed by atoms with E-state index in [9.17, 15) is 4.39 Å². The first-order valence-electron chi connectivity index (χ1n) is 6.68. The molecule has 4 heteroatoms. The summed E-state index contributed by atoms with van der Waals surface area (Å²) in [6, 6.07) is 12.5. The number of nitrogens with zero attached hydrogens (tertiary/aromatic N) is 1. The molecule has 108 valence electrons. The number of para-hydroxylation sites is 1. The van der Waals surface area contributed by atoms with E-state index in [0.717, 1.165) is 22.4 Å². The van der Waals surface area contributed by atoms with Crippen LogP contribution in [0.1, 0.15) is 5.56 Å². The molecule has 0 spiro atoms. The molecule has 0 fully saturated rings. The highest BCUT2D eigenvalue weighted by atomic mass is 19.1. The van der Waals surface area contributed by atoms with Crippen molar-refractivity contribution in [3.05, 3.63) is 60.0 Å². The summed E-state index contributed by atoms with van der Waals surface area (Å²) in [4.78, 5) is 0. The first-order chi connectivity index (χ1) is 10.2. The van der Waals surface area contributed by atoms with E-state index in [1.165, 1.54) is 6.07 Å². The number of halogens is 1. The number of hydrogen-bond donors (Lipinski definition) is 0. The number of hydrogen-bond acceptors (Lipinski definition) is 2. The van der Waals surface area contributed by atoms with Crippen LogP contribution >= 0.6 is 0 Å². The van der Waals surface area contributed by atoms with Gasteiger partial charge in [-0.1, -0.05) is 18.2 Å². The summed E-state index contributed by atoms with van der Waals surface area (Å²) in [6.07, 6.45) is 1.90. The van der Waals surface area contributed by atoms with Crippen LogP contribution in [-0.2, 0) is 13.7 Å². The van der Waals surface area contributed by atoms with Gasteiger partial charge in [0.1, 0.15) is 23.9 Å². The van der Waals surface area contributed by atoms with Crippen molar-refractivity contribution in [2.75, 3.05) is 7.11 Å². The molecule has 0 aliphatic rings. The smallest absolute Gasteiger partial charge is 0.147 e. The first-order valence-corrected chi connectivity index (χ1v) is 6.68. The summed E-state index contributed by atoms with van der Waals surface area (Å²) in [5.74, 6) is 1.25. The molecular formula is C17H16FNO2. The lowest BCUT2D eigenvalue weighted by Gasteiger charge is -2.07. The monoisotopic (exact) mass is 285 g/mol. The molecule has 0 saturated heterocycles. The van der Waals surface area contributed by atoms with Crippen LogP contribution in [-0.4, -0.2) is 11.7 Å². The van der Waals surface area contributed by atoms with Crippen molar-refractivity contribution in [1.82, 2.24) is 4.57 Å². The highest BCUT2D eigenvalue weighted by Crippen LogP contribution is 2.25. The van der Waals surface area contributed by atoms with Crippen LogP contribution in [0.4, 0.5) is 4.39 Å². The predicted octanol–water partition coefficient (Wildman–Crippen LogP) is 3.91. The molecule has 3 rings (SSSR count). The van der Waals surface area contributed by atoms with Crippen molar-refractivity contribution in [1.29, 1.82) is 0 Å². The van der Waals surface area contributed by atoms with Gasteiger partial charge >= 0.3 is 0 Å². The topological polar surface area (TPSA) is 23.4 Å². The second-order valence-electron chi connectivity index (χ2n) is 4.87. The van der Waals surface area contributed by atoms with Crippen molar-refractivity contribution >= 4 is 10.9 Å². The quantitative estimate of drug-likeness (QED) is 0.725. The molecule has 0 bridgehead atoms. The molecule has 2 aromatic carbocycles. The van der Waals surface area contributed by atoms with Crippen LogP contribution in [0.15, 0.2) is 48.7 Å². The maximum atomic E-state index is 13.8. The minimum absolute atomic E-state index is 0.220. The van der Waals surface area contributed by atoms with Gasteiger partial charge in [-0.2, -0.15) is 0 Å². The molecule has 3 aromatic rings. The molecule has 0 amide bonds. The molecule has 0 atom stereocenters. The van der Waals surface area contributed by atoms with Crippen molar-refractivity contribution in [3.8, 4) is 11.5 Å². The van der Waals surface area contributed by atoms with Crippen molar-refractivity contribution in [3.63, 3.8) is 0 Å². The second-order valence-corrected chi connectivity index (χ2v) is 4.87. The normalized spacial score (nSPS) is 10.8. The van der Waals surface area contributed by atoms with Crippen molar-refractivity contribution in [2.24, 2.45) is 7.05 Å². The van der Waals surface area contributed by atoms with Crippen LogP contribution in [0.3, 0.4) is 0 Å². The van der Waals surface area contributed by atoms with Gasteiger partial charge in [0.25, 0.3) is 0 Å². The lowest BCUT2D eigenvalue weighted by atomic mass is 10.2. The minimum atomic E-state index is -0.220. The second kappa shape index (κ2) is 5.48. The van der Waals surface area contributed by atoms with E-state index in [0.29, 0.717) is 12.1 Å². The maximum absolute atomic E-state index is 13.8. The molecule has 1 heterocycles. The summed E-state index contributed by atoms with van der Waals surface area (Å²) in [7, 11) is 3.45. The summed E-state index contributed by atoms with van der Waals surface area (Å²) in [5.41, 5.74) is 1.55. The largest absolute Gasteiger partial charge is 0.497 e. The van der Waals surface area contributed by atoms with Gasteiger partial charge in [0.15, 0.2) is 0 Å². The number of fused-ring (bicyclic) bond motifs is 1. The number of rotatable bonds is 4. The van der Waals surface area contributed by atoms with E-state index in [-0.39, 0.29) is 5.82 Å². The fraction of sp³-hybridized carbons (Fsp3) is 0.176. The number of aromatic nitrogens is 1. The van der Waals surface area contributed by atoms with Crippen LogP contribution in [0.5, 0.6) is 11.5 Å². The average Bonchev–Trinajstić information content (AvgIpc) is 2.83. The molecule has 21 heavy (non-hydrogen) atoms. The number of aryl methyl sites for hydroxylation is 1. The fourth-order valence-electron chi connectivity index (χ4n) is 2.47. The first kappa shape index (κ1) is 13.5. The van der Waals surface area contributed by atoms with E-state index in [1.54, 1.807) is 17.7 Å². The van der Waals surface area contributed by atoms with Crippen LogP contribution in [0, 0.1) is 5.82 Å². The zero-order chi connectivity index (χ0) is 14.8. The lowest BCUT2D eigenvalue weighted by Crippen LogP contribution is -1.95. The number of methoxy groups -OCH3 is 1. The summed E-state index contributed by atoms with van der Waals surface area (Å²) < 4.78 is 26.6. The van der Waals surface area contributed by atoms with E-state index in [4.69, 9.17) is 9.47 Å². The average molecular weight is 285 g/mol. The summed E-state index contributed by atoms with van der Waals surface area (Å²) in [6.45, 7) is 0.383. The van der Waals surface area contributed by atoms with Crippen molar-refractivity contribution < 1.29 is 13.9 Å². The standard InChI is InChI=1S/C17H16FNO2/c1-19-10-12(15-7-4-8-16(18)17(15)19)11-21-14-6-3-5-13(9-14)20-2/h3-10H,11H2,1-2H3. The Morgan fingerprint density at radius 1 is 1.10 bits per heavy atom. The Morgan fingerprint density at radius 2 is 1.86 bits per heavy atom. The summed E-state index contributed by atoms with van der Waals surface area (Å²) >= 11 is 0. The Bertz CT molecular complexity index is 780. The molecule has 0 aliphatic carbocycles. The maximum Gasteiger partial charge on any atom is 0.147 e. The Hall–Kier alpha value is -2.49.